The Morgan fingerprint density at radius 2 is 1.50 bits per heavy atom. The number of hydrogen-bond donors (Lipinski definition) is 0. The molecule has 0 radical (unpaired) electrons. The Balaban J connectivity index is 2.80. The van der Waals surface area contributed by atoms with Crippen molar-refractivity contribution >= 4 is 24.9 Å². The van der Waals surface area contributed by atoms with Gasteiger partial charge in [-0.15, -0.1) is 0 Å². The SMILES string of the molecule is [CH2]=[V]([Cl])[Cl]. The molecule has 0 atom stereocenters. The minimum absolute atomic E-state index is 1.49. The summed E-state index contributed by atoms with van der Waals surface area (Å²) in [7, 11) is 10.1. The number of halogens is 2. The van der Waals surface area contributed by atoms with E-state index in [1.807, 2.05) is 0 Å². The van der Waals surface area contributed by atoms with Crippen LogP contribution in [0.3, 0.4) is 0 Å². The predicted molar refractivity (Wildman–Crippen MR) is 18.8 cm³/mol. The summed E-state index contributed by atoms with van der Waals surface area (Å²) in [6, 6.07) is 0. The fraction of sp³-hybridized carbons (Fsp3) is 0. The van der Waals surface area contributed by atoms with E-state index in [-0.39, 0.29) is 0 Å². The molecule has 0 nitrogen and oxygen atoms in total. The molecular weight excluding hydrogens is 134 g/mol. The van der Waals surface area contributed by atoms with Gasteiger partial charge in [0.15, 0.2) is 0 Å². The van der Waals surface area contributed by atoms with Crippen LogP contribution in [0.2, 0.25) is 0 Å². The Morgan fingerprint density at radius 3 is 1.50 bits per heavy atom. The third-order valence-electron chi connectivity index (χ3n) is 0. The van der Waals surface area contributed by atoms with E-state index in [4.69, 9.17) is 19.7 Å². The van der Waals surface area contributed by atoms with Crippen molar-refractivity contribution in [2.75, 3.05) is 0 Å². The van der Waals surface area contributed by atoms with Gasteiger partial charge in [0.1, 0.15) is 0 Å². The van der Waals surface area contributed by atoms with E-state index in [2.05, 4.69) is 5.23 Å². The number of rotatable bonds is 0. The van der Waals surface area contributed by atoms with Crippen molar-refractivity contribution < 1.29 is 12.8 Å². The van der Waals surface area contributed by atoms with Crippen LogP contribution in [-0.2, 0) is 12.8 Å². The van der Waals surface area contributed by atoms with E-state index in [0.717, 1.165) is 0 Å². The molecule has 4 heavy (non-hydrogen) atoms. The first-order chi connectivity index (χ1) is 1.73. The molecule has 0 fully saturated rings. The van der Waals surface area contributed by atoms with E-state index in [1.54, 1.807) is 0 Å². The molecule has 0 aliphatic heterocycles. The van der Waals surface area contributed by atoms with Crippen LogP contribution >= 0.6 is 19.7 Å². The summed E-state index contributed by atoms with van der Waals surface area (Å²) in [6.45, 7) is 0. The van der Waals surface area contributed by atoms with Gasteiger partial charge in [-0.2, -0.15) is 0 Å². The molecule has 0 saturated carbocycles. The van der Waals surface area contributed by atoms with Gasteiger partial charge in [0.25, 0.3) is 0 Å². The second kappa shape index (κ2) is 2.28. The van der Waals surface area contributed by atoms with E-state index < -0.39 is 12.8 Å². The Bertz CT molecular complexity index is 29.0. The molecule has 0 aromatic carbocycles. The van der Waals surface area contributed by atoms with Crippen LogP contribution in [0.25, 0.3) is 0 Å². The van der Waals surface area contributed by atoms with Gasteiger partial charge in [0, 0.05) is 0 Å². The van der Waals surface area contributed by atoms with Gasteiger partial charge in [0.2, 0.25) is 0 Å². The quantitative estimate of drug-likeness (QED) is 0.471. The van der Waals surface area contributed by atoms with Crippen LogP contribution in [0.5, 0.6) is 0 Å². The van der Waals surface area contributed by atoms with Gasteiger partial charge in [-0.05, 0) is 0 Å². The topological polar surface area (TPSA) is 0 Å². The molecule has 3 heteroatoms. The van der Waals surface area contributed by atoms with Crippen LogP contribution < -0.4 is 0 Å². The third-order valence-corrected chi connectivity index (χ3v) is 0. The summed E-state index contributed by atoms with van der Waals surface area (Å²) in [4.78, 5) is 0. The van der Waals surface area contributed by atoms with Crippen molar-refractivity contribution in [3.63, 3.8) is 0 Å². The molecule has 0 saturated heterocycles. The van der Waals surface area contributed by atoms with Crippen molar-refractivity contribution in [3.05, 3.63) is 0 Å². The zero-order chi connectivity index (χ0) is 3.58. The minimum atomic E-state index is -1.49. The average molecular weight is 136 g/mol. The maximum atomic E-state index is 5.07. The zero-order valence-electron chi connectivity index (χ0n) is 1.91. The van der Waals surface area contributed by atoms with Crippen LogP contribution in [0, 0.1) is 0 Å². The first kappa shape index (κ1) is 5.03. The average Bonchev–Trinajstić information content (AvgIpc) is 0.811. The Morgan fingerprint density at radius 1 is 1.50 bits per heavy atom. The monoisotopic (exact) mass is 135 g/mol. The predicted octanol–water partition coefficient (Wildman–Crippen LogP) is 1.34. The molecule has 0 bridgehead atoms. The standard InChI is InChI=1S/CH2.2ClH.V/h1H2;2*1H;/q;;;+2/p-2. The van der Waals surface area contributed by atoms with Gasteiger partial charge < -0.3 is 0 Å². The summed E-state index contributed by atoms with van der Waals surface area (Å²) in [5.41, 5.74) is 0. The Kier molecular flexibility index (Phi) is 2.87. The van der Waals surface area contributed by atoms with E-state index in [1.165, 1.54) is 0 Å². The van der Waals surface area contributed by atoms with Crippen molar-refractivity contribution in [1.29, 1.82) is 0 Å². The van der Waals surface area contributed by atoms with Crippen LogP contribution in [0.1, 0.15) is 0 Å². The second-order valence-corrected chi connectivity index (χ2v) is 5.33. The van der Waals surface area contributed by atoms with E-state index >= 15 is 0 Å². The summed E-state index contributed by atoms with van der Waals surface area (Å²) in [6.07, 6.45) is 0. The second-order valence-electron chi connectivity index (χ2n) is 0.303. The Hall–Kier alpha value is 1.03. The van der Waals surface area contributed by atoms with E-state index in [0.29, 0.717) is 0 Å². The van der Waals surface area contributed by atoms with Crippen LogP contribution in [-0.4, -0.2) is 5.23 Å². The summed E-state index contributed by atoms with van der Waals surface area (Å²) >= 11 is -1.49. The van der Waals surface area contributed by atoms with Crippen molar-refractivity contribution in [2.24, 2.45) is 0 Å². The molecule has 0 amide bonds. The molecule has 0 aromatic heterocycles. The van der Waals surface area contributed by atoms with Crippen LogP contribution in [0.4, 0.5) is 0 Å². The molecule has 0 spiro atoms. The number of hydrogen-bond acceptors (Lipinski definition) is 0. The third kappa shape index (κ3) is 11.7. The maximum absolute atomic E-state index is 5.07. The van der Waals surface area contributed by atoms with Gasteiger partial charge in [0.05, 0.1) is 0 Å². The normalized spacial score (nSPS) is 6.50. The first-order valence-corrected chi connectivity index (χ1v) is 5.49. The van der Waals surface area contributed by atoms with Gasteiger partial charge in [-0.1, -0.05) is 0 Å². The molecule has 0 unspecified atom stereocenters. The summed E-state index contributed by atoms with van der Waals surface area (Å²) in [5.74, 6) is 0. The van der Waals surface area contributed by atoms with Crippen LogP contribution in [0.15, 0.2) is 0 Å². The molecule has 0 aliphatic rings. The van der Waals surface area contributed by atoms with Crippen molar-refractivity contribution in [2.45, 2.75) is 0 Å². The van der Waals surface area contributed by atoms with Crippen molar-refractivity contribution in [3.8, 4) is 0 Å². The first-order valence-electron chi connectivity index (χ1n) is 0.654. The fourth-order valence-electron chi connectivity index (χ4n) is 0. The molecule has 0 aliphatic carbocycles. The van der Waals surface area contributed by atoms with Gasteiger partial charge >= 0.3 is 37.7 Å². The van der Waals surface area contributed by atoms with Gasteiger partial charge in [-0.25, -0.2) is 0 Å². The molecule has 25 valence electrons. The van der Waals surface area contributed by atoms with Crippen molar-refractivity contribution in [1.82, 2.24) is 0 Å². The fourth-order valence-corrected chi connectivity index (χ4v) is 0. The molecule has 0 heterocycles. The zero-order valence-corrected chi connectivity index (χ0v) is 4.82. The molecular formula is CH2Cl2V. The summed E-state index contributed by atoms with van der Waals surface area (Å²) < 4.78 is 0. The Labute approximate surface area is 38.0 Å². The molecule has 0 N–H and O–H groups in total. The molecule has 0 rings (SSSR count). The summed E-state index contributed by atoms with van der Waals surface area (Å²) in [5, 5.41) is 3.32. The van der Waals surface area contributed by atoms with E-state index in [9.17, 15) is 0 Å². The van der Waals surface area contributed by atoms with Gasteiger partial charge in [-0.3, -0.25) is 0 Å². The molecule has 0 aromatic rings.